The molecule has 4 N–H and O–H groups in total. The van der Waals surface area contributed by atoms with Gasteiger partial charge in [0.15, 0.2) is 0 Å². The standard InChI is InChI=1S/C11H19N3O2/c12-8-11-10(2-1-3-13-11)9-14(4-6-15)5-7-16/h1-3,15-16H,4-9,12H2. The summed E-state index contributed by atoms with van der Waals surface area (Å²) >= 11 is 0. The molecule has 0 unspecified atom stereocenters. The third-order valence-electron chi connectivity index (χ3n) is 2.40. The Labute approximate surface area is 95.5 Å². The van der Waals surface area contributed by atoms with E-state index in [0.717, 1.165) is 11.3 Å². The molecule has 0 fully saturated rings. The van der Waals surface area contributed by atoms with E-state index in [1.165, 1.54) is 0 Å². The first-order valence-electron chi connectivity index (χ1n) is 5.38. The molecule has 0 aliphatic carbocycles. The number of aromatic nitrogens is 1. The largest absolute Gasteiger partial charge is 0.395 e. The van der Waals surface area contributed by atoms with Crippen LogP contribution >= 0.6 is 0 Å². The van der Waals surface area contributed by atoms with Gasteiger partial charge in [-0.2, -0.15) is 0 Å². The maximum atomic E-state index is 8.90. The van der Waals surface area contributed by atoms with Crippen LogP contribution in [0, 0.1) is 0 Å². The number of nitrogens with two attached hydrogens (primary N) is 1. The molecule has 0 saturated heterocycles. The molecule has 0 aliphatic heterocycles. The van der Waals surface area contributed by atoms with Crippen molar-refractivity contribution in [3.63, 3.8) is 0 Å². The van der Waals surface area contributed by atoms with Gasteiger partial charge in [0.25, 0.3) is 0 Å². The van der Waals surface area contributed by atoms with E-state index in [9.17, 15) is 0 Å². The Morgan fingerprint density at radius 2 is 1.94 bits per heavy atom. The zero-order chi connectivity index (χ0) is 11.8. The molecule has 0 aliphatic rings. The lowest BCUT2D eigenvalue weighted by atomic mass is 10.2. The number of aliphatic hydroxyl groups is 2. The molecule has 0 amide bonds. The maximum Gasteiger partial charge on any atom is 0.0584 e. The molecular formula is C11H19N3O2. The van der Waals surface area contributed by atoms with Gasteiger partial charge in [0.1, 0.15) is 0 Å². The van der Waals surface area contributed by atoms with Crippen LogP contribution in [0.1, 0.15) is 11.3 Å². The summed E-state index contributed by atoms with van der Waals surface area (Å²) in [5.74, 6) is 0. The SMILES string of the molecule is NCc1ncccc1CN(CCO)CCO. The summed E-state index contributed by atoms with van der Waals surface area (Å²) in [4.78, 5) is 6.16. The number of aliphatic hydroxyl groups excluding tert-OH is 2. The highest BCUT2D eigenvalue weighted by atomic mass is 16.3. The molecule has 1 rings (SSSR count). The second-order valence-electron chi connectivity index (χ2n) is 3.54. The van der Waals surface area contributed by atoms with E-state index < -0.39 is 0 Å². The number of rotatable bonds is 7. The van der Waals surface area contributed by atoms with Crippen LogP contribution in [-0.4, -0.2) is 46.4 Å². The smallest absolute Gasteiger partial charge is 0.0584 e. The number of hydrogen-bond acceptors (Lipinski definition) is 5. The van der Waals surface area contributed by atoms with Crippen molar-refractivity contribution in [1.29, 1.82) is 0 Å². The quantitative estimate of drug-likeness (QED) is 0.573. The topological polar surface area (TPSA) is 82.6 Å². The third kappa shape index (κ3) is 3.86. The van der Waals surface area contributed by atoms with Crippen LogP contribution in [-0.2, 0) is 13.1 Å². The van der Waals surface area contributed by atoms with Crippen LogP contribution in [0.3, 0.4) is 0 Å². The van der Waals surface area contributed by atoms with Gasteiger partial charge in [0, 0.05) is 32.4 Å². The van der Waals surface area contributed by atoms with E-state index in [0.29, 0.717) is 26.2 Å². The predicted molar refractivity (Wildman–Crippen MR) is 61.6 cm³/mol. The fourth-order valence-electron chi connectivity index (χ4n) is 1.59. The lowest BCUT2D eigenvalue weighted by molar-refractivity contribution is 0.155. The van der Waals surface area contributed by atoms with Crippen molar-refractivity contribution < 1.29 is 10.2 Å². The van der Waals surface area contributed by atoms with Gasteiger partial charge in [0.2, 0.25) is 0 Å². The normalized spacial score (nSPS) is 11.0. The van der Waals surface area contributed by atoms with Crippen molar-refractivity contribution in [1.82, 2.24) is 9.88 Å². The first kappa shape index (κ1) is 13.1. The Morgan fingerprint density at radius 1 is 1.25 bits per heavy atom. The lowest BCUT2D eigenvalue weighted by Crippen LogP contribution is -2.30. The van der Waals surface area contributed by atoms with Gasteiger partial charge < -0.3 is 15.9 Å². The van der Waals surface area contributed by atoms with E-state index in [1.54, 1.807) is 6.20 Å². The van der Waals surface area contributed by atoms with Crippen molar-refractivity contribution in [3.05, 3.63) is 29.6 Å². The van der Waals surface area contributed by atoms with Gasteiger partial charge >= 0.3 is 0 Å². The summed E-state index contributed by atoms with van der Waals surface area (Å²) in [5.41, 5.74) is 7.51. The molecule has 1 aromatic rings. The molecule has 16 heavy (non-hydrogen) atoms. The zero-order valence-corrected chi connectivity index (χ0v) is 9.34. The molecule has 1 aromatic heterocycles. The Bertz CT molecular complexity index is 301. The summed E-state index contributed by atoms with van der Waals surface area (Å²) in [6.45, 7) is 2.30. The summed E-state index contributed by atoms with van der Waals surface area (Å²) in [6, 6.07) is 3.83. The average molecular weight is 225 g/mol. The second kappa shape index (κ2) is 7.29. The van der Waals surface area contributed by atoms with Crippen molar-refractivity contribution >= 4 is 0 Å². The maximum absolute atomic E-state index is 8.90. The number of hydrogen-bond donors (Lipinski definition) is 3. The van der Waals surface area contributed by atoms with Gasteiger partial charge in [-0.25, -0.2) is 0 Å². The van der Waals surface area contributed by atoms with Gasteiger partial charge in [-0.15, -0.1) is 0 Å². The zero-order valence-electron chi connectivity index (χ0n) is 9.34. The monoisotopic (exact) mass is 225 g/mol. The molecule has 0 saturated carbocycles. The van der Waals surface area contributed by atoms with Crippen molar-refractivity contribution in [2.45, 2.75) is 13.1 Å². The van der Waals surface area contributed by atoms with Crippen LogP contribution in [0.4, 0.5) is 0 Å². The summed E-state index contributed by atoms with van der Waals surface area (Å²) in [5, 5.41) is 17.8. The minimum atomic E-state index is 0.0816. The summed E-state index contributed by atoms with van der Waals surface area (Å²) in [6.07, 6.45) is 1.72. The van der Waals surface area contributed by atoms with Crippen molar-refractivity contribution in [2.24, 2.45) is 5.73 Å². The third-order valence-corrected chi connectivity index (χ3v) is 2.40. The van der Waals surface area contributed by atoms with E-state index in [4.69, 9.17) is 15.9 Å². The average Bonchev–Trinajstić information content (AvgIpc) is 2.30. The highest BCUT2D eigenvalue weighted by Crippen LogP contribution is 2.08. The predicted octanol–water partition coefficient (Wildman–Crippen LogP) is -0.673. The number of pyridine rings is 1. The minimum Gasteiger partial charge on any atom is -0.395 e. The van der Waals surface area contributed by atoms with Crippen LogP contribution < -0.4 is 5.73 Å². The first-order valence-corrected chi connectivity index (χ1v) is 5.38. The van der Waals surface area contributed by atoms with Crippen LogP contribution in [0.15, 0.2) is 18.3 Å². The van der Waals surface area contributed by atoms with Gasteiger partial charge in [-0.3, -0.25) is 9.88 Å². The molecule has 0 bridgehead atoms. The van der Waals surface area contributed by atoms with Gasteiger partial charge in [-0.05, 0) is 11.6 Å². The molecule has 5 heteroatoms. The first-order chi connectivity index (χ1) is 7.81. The van der Waals surface area contributed by atoms with Crippen LogP contribution in [0.5, 0.6) is 0 Å². The Kier molecular flexibility index (Phi) is 5.95. The van der Waals surface area contributed by atoms with E-state index in [2.05, 4.69) is 4.98 Å². The summed E-state index contributed by atoms with van der Waals surface area (Å²) in [7, 11) is 0. The molecule has 0 spiro atoms. The van der Waals surface area contributed by atoms with E-state index >= 15 is 0 Å². The minimum absolute atomic E-state index is 0.0816. The van der Waals surface area contributed by atoms with Crippen molar-refractivity contribution in [3.8, 4) is 0 Å². The molecule has 0 radical (unpaired) electrons. The molecule has 90 valence electrons. The molecular weight excluding hydrogens is 206 g/mol. The van der Waals surface area contributed by atoms with E-state index in [-0.39, 0.29) is 13.2 Å². The Morgan fingerprint density at radius 3 is 2.50 bits per heavy atom. The van der Waals surface area contributed by atoms with Crippen LogP contribution in [0.2, 0.25) is 0 Å². The molecule has 0 atom stereocenters. The van der Waals surface area contributed by atoms with Gasteiger partial charge in [0.05, 0.1) is 18.9 Å². The fourth-order valence-corrected chi connectivity index (χ4v) is 1.59. The molecule has 5 nitrogen and oxygen atoms in total. The summed E-state index contributed by atoms with van der Waals surface area (Å²) < 4.78 is 0. The Balaban J connectivity index is 2.67. The van der Waals surface area contributed by atoms with Crippen molar-refractivity contribution in [2.75, 3.05) is 26.3 Å². The number of nitrogens with zero attached hydrogens (tertiary/aromatic N) is 2. The van der Waals surface area contributed by atoms with E-state index in [1.807, 2.05) is 17.0 Å². The fraction of sp³-hybridized carbons (Fsp3) is 0.545. The van der Waals surface area contributed by atoms with Gasteiger partial charge in [-0.1, -0.05) is 6.07 Å². The molecule has 1 heterocycles. The van der Waals surface area contributed by atoms with Crippen LogP contribution in [0.25, 0.3) is 0 Å². The highest BCUT2D eigenvalue weighted by molar-refractivity contribution is 5.19. The second-order valence-corrected chi connectivity index (χ2v) is 3.54. The Hall–Kier alpha value is -1.01. The highest BCUT2D eigenvalue weighted by Gasteiger charge is 2.08. The lowest BCUT2D eigenvalue weighted by Gasteiger charge is -2.21. The molecule has 0 aromatic carbocycles.